The second-order valence-electron chi connectivity index (χ2n) is 5.64. The summed E-state index contributed by atoms with van der Waals surface area (Å²) in [5.74, 6) is 0. The fourth-order valence-electron chi connectivity index (χ4n) is 2.82. The Kier molecular flexibility index (Phi) is 5.30. The van der Waals surface area contributed by atoms with Crippen LogP contribution in [0.2, 0.25) is 0 Å². The quantitative estimate of drug-likeness (QED) is 0.304. The van der Waals surface area contributed by atoms with Crippen molar-refractivity contribution in [3.8, 4) is 0 Å². The van der Waals surface area contributed by atoms with Crippen LogP contribution in [0, 0.1) is 6.92 Å². The fraction of sp³-hybridized carbons (Fsp3) is 0.412. The normalized spacial score (nSPS) is 16.4. The third-order valence-electron chi connectivity index (χ3n) is 4.07. The van der Waals surface area contributed by atoms with Gasteiger partial charge in [0.05, 0.1) is 4.83 Å². The van der Waals surface area contributed by atoms with Gasteiger partial charge in [0, 0.05) is 18.7 Å². The second-order valence-corrected chi connectivity index (χ2v) is 9.44. The molecule has 0 nitrogen and oxygen atoms in total. The molecule has 0 spiro atoms. The van der Waals surface area contributed by atoms with Gasteiger partial charge in [-0.25, -0.2) is 0 Å². The molecule has 1 heterocycles. The summed E-state index contributed by atoms with van der Waals surface area (Å²) >= 11 is 13.3. The zero-order valence-electron chi connectivity index (χ0n) is 11.9. The summed E-state index contributed by atoms with van der Waals surface area (Å²) in [6.45, 7) is 2.12. The first kappa shape index (κ1) is 16.2. The summed E-state index contributed by atoms with van der Waals surface area (Å²) in [6, 6.07) is 6.83. The van der Waals surface area contributed by atoms with Crippen LogP contribution in [-0.2, 0) is 12.8 Å². The van der Waals surface area contributed by atoms with E-state index in [0.717, 1.165) is 0 Å². The predicted molar refractivity (Wildman–Crippen MR) is 103 cm³/mol. The maximum absolute atomic E-state index is 3.91. The van der Waals surface area contributed by atoms with Crippen LogP contribution in [0.1, 0.15) is 50.5 Å². The van der Waals surface area contributed by atoms with E-state index in [-0.39, 0.29) is 4.83 Å². The molecule has 1 unspecified atom stereocenters. The maximum Gasteiger partial charge on any atom is 0.0749 e. The van der Waals surface area contributed by atoms with Crippen molar-refractivity contribution in [2.75, 3.05) is 0 Å². The van der Waals surface area contributed by atoms with Crippen LogP contribution < -0.4 is 0 Å². The van der Waals surface area contributed by atoms with Crippen LogP contribution >= 0.6 is 59.1 Å². The first-order valence-corrected chi connectivity index (χ1v) is 10.6. The van der Waals surface area contributed by atoms with Crippen LogP contribution in [0.5, 0.6) is 0 Å². The lowest BCUT2D eigenvalue weighted by atomic mass is 10.1. The lowest BCUT2D eigenvalue weighted by molar-refractivity contribution is 0.712. The molecule has 1 atom stereocenters. The second kappa shape index (κ2) is 6.86. The SMILES string of the molecule is Cc1cc(Br)c(C(Br)c2cc3c(s2)CCCCC3)cc1Br. The molecule has 0 aliphatic heterocycles. The van der Waals surface area contributed by atoms with Gasteiger partial charge in [-0.05, 0) is 67.5 Å². The van der Waals surface area contributed by atoms with E-state index in [1.54, 1.807) is 10.4 Å². The Morgan fingerprint density at radius 3 is 2.57 bits per heavy atom. The molecule has 0 N–H and O–H groups in total. The van der Waals surface area contributed by atoms with Gasteiger partial charge in [-0.3, -0.25) is 0 Å². The summed E-state index contributed by atoms with van der Waals surface area (Å²) < 4.78 is 2.34. The molecule has 3 rings (SSSR count). The Hall–Kier alpha value is 0.360. The van der Waals surface area contributed by atoms with Crippen LogP contribution in [0.25, 0.3) is 0 Å². The number of benzene rings is 1. The van der Waals surface area contributed by atoms with Gasteiger partial charge in [-0.1, -0.05) is 54.2 Å². The van der Waals surface area contributed by atoms with Crippen LogP contribution in [0.15, 0.2) is 27.1 Å². The largest absolute Gasteiger partial charge is 0.144 e. The van der Waals surface area contributed by atoms with Crippen LogP contribution in [0.4, 0.5) is 0 Å². The van der Waals surface area contributed by atoms with Crippen molar-refractivity contribution in [3.05, 3.63) is 53.6 Å². The van der Waals surface area contributed by atoms with E-state index in [0.29, 0.717) is 0 Å². The minimum atomic E-state index is 0.265. The maximum atomic E-state index is 3.91. The van der Waals surface area contributed by atoms with E-state index in [2.05, 4.69) is 72.9 Å². The van der Waals surface area contributed by atoms with E-state index in [1.165, 1.54) is 57.1 Å². The number of hydrogen-bond donors (Lipinski definition) is 0. The van der Waals surface area contributed by atoms with E-state index < -0.39 is 0 Å². The topological polar surface area (TPSA) is 0 Å². The highest BCUT2D eigenvalue weighted by Crippen LogP contribution is 2.42. The van der Waals surface area contributed by atoms with Crippen molar-refractivity contribution in [3.63, 3.8) is 0 Å². The molecular weight excluding hydrogens is 476 g/mol. The van der Waals surface area contributed by atoms with Gasteiger partial charge in [-0.2, -0.15) is 0 Å². The van der Waals surface area contributed by atoms with Crippen molar-refractivity contribution in [2.45, 2.75) is 43.9 Å². The first-order valence-electron chi connectivity index (χ1n) is 7.27. The summed E-state index contributed by atoms with van der Waals surface area (Å²) in [5.41, 5.74) is 4.13. The van der Waals surface area contributed by atoms with Crippen molar-refractivity contribution in [2.24, 2.45) is 0 Å². The smallest absolute Gasteiger partial charge is 0.0749 e. The average molecular weight is 493 g/mol. The Morgan fingerprint density at radius 2 is 1.76 bits per heavy atom. The van der Waals surface area contributed by atoms with Gasteiger partial charge in [0.1, 0.15) is 0 Å². The van der Waals surface area contributed by atoms with Crippen molar-refractivity contribution in [1.29, 1.82) is 0 Å². The zero-order valence-corrected chi connectivity index (χ0v) is 17.5. The number of aryl methyl sites for hydroxylation is 3. The number of hydrogen-bond acceptors (Lipinski definition) is 1. The molecule has 4 heteroatoms. The molecule has 0 radical (unpaired) electrons. The molecule has 0 saturated carbocycles. The van der Waals surface area contributed by atoms with Gasteiger partial charge >= 0.3 is 0 Å². The lowest BCUT2D eigenvalue weighted by Gasteiger charge is -2.13. The minimum Gasteiger partial charge on any atom is -0.144 e. The monoisotopic (exact) mass is 490 g/mol. The highest BCUT2D eigenvalue weighted by molar-refractivity contribution is 9.11. The fourth-order valence-corrected chi connectivity index (χ4v) is 6.23. The van der Waals surface area contributed by atoms with Crippen molar-refractivity contribution in [1.82, 2.24) is 0 Å². The Morgan fingerprint density at radius 1 is 1.00 bits per heavy atom. The van der Waals surface area contributed by atoms with Gasteiger partial charge in [0.25, 0.3) is 0 Å². The molecule has 1 aliphatic rings. The third-order valence-corrected chi connectivity index (χ3v) is 8.20. The molecule has 0 amide bonds. The zero-order chi connectivity index (χ0) is 15.0. The van der Waals surface area contributed by atoms with Crippen molar-refractivity contribution < 1.29 is 0 Å². The highest BCUT2D eigenvalue weighted by Gasteiger charge is 2.20. The van der Waals surface area contributed by atoms with Gasteiger partial charge in [0.2, 0.25) is 0 Å². The molecular formula is C17H17Br3S. The lowest BCUT2D eigenvalue weighted by Crippen LogP contribution is -1.93. The van der Waals surface area contributed by atoms with Gasteiger partial charge < -0.3 is 0 Å². The number of rotatable bonds is 2. The average Bonchev–Trinajstić information content (AvgIpc) is 2.73. The van der Waals surface area contributed by atoms with Crippen molar-refractivity contribution >= 4 is 59.1 Å². The minimum absolute atomic E-state index is 0.265. The highest BCUT2D eigenvalue weighted by atomic mass is 79.9. The summed E-state index contributed by atoms with van der Waals surface area (Å²) in [7, 11) is 0. The summed E-state index contributed by atoms with van der Waals surface area (Å²) in [5, 5.41) is 0. The molecule has 0 saturated heterocycles. The van der Waals surface area contributed by atoms with Gasteiger partial charge in [-0.15, -0.1) is 11.3 Å². The molecule has 112 valence electrons. The molecule has 0 fully saturated rings. The number of alkyl halides is 1. The molecule has 1 aliphatic carbocycles. The molecule has 1 aromatic carbocycles. The van der Waals surface area contributed by atoms with Crippen LogP contribution in [-0.4, -0.2) is 0 Å². The molecule has 2 aromatic rings. The first-order chi connectivity index (χ1) is 10.1. The summed E-state index contributed by atoms with van der Waals surface area (Å²) in [6.07, 6.45) is 6.59. The standard InChI is InChI=1S/C17H17Br3S/c1-10-7-14(19)12(9-13(10)18)17(20)16-8-11-5-3-2-4-6-15(11)21-16/h7-9,17H,2-6H2,1H3. The Bertz CT molecular complexity index is 637. The van der Waals surface area contributed by atoms with E-state index in [1.807, 2.05) is 11.3 Å². The molecule has 1 aromatic heterocycles. The Labute approximate surface area is 155 Å². The van der Waals surface area contributed by atoms with Crippen LogP contribution in [0.3, 0.4) is 0 Å². The summed E-state index contributed by atoms with van der Waals surface area (Å²) in [4.78, 5) is 3.30. The number of fused-ring (bicyclic) bond motifs is 1. The predicted octanol–water partition coefficient (Wildman–Crippen LogP) is 7.33. The third kappa shape index (κ3) is 3.49. The van der Waals surface area contributed by atoms with E-state index >= 15 is 0 Å². The number of thiophene rings is 1. The Balaban J connectivity index is 1.95. The van der Waals surface area contributed by atoms with E-state index in [4.69, 9.17) is 0 Å². The number of halogens is 3. The molecule has 0 bridgehead atoms. The van der Waals surface area contributed by atoms with Gasteiger partial charge in [0.15, 0.2) is 0 Å². The van der Waals surface area contributed by atoms with E-state index in [9.17, 15) is 0 Å². The molecule has 21 heavy (non-hydrogen) atoms.